The molecule has 2 N–H and O–H groups in total. The molecule has 2 aromatic rings. The molecule has 0 aliphatic heterocycles. The molecule has 27 heavy (non-hydrogen) atoms. The largest absolute Gasteiger partial charge is 0.405 e. The van der Waals surface area contributed by atoms with E-state index in [-0.39, 0.29) is 10.5 Å². The summed E-state index contributed by atoms with van der Waals surface area (Å²) < 4.78 is 63.7. The number of benzene rings is 2. The maximum Gasteiger partial charge on any atom is 0.405 e. The summed E-state index contributed by atoms with van der Waals surface area (Å²) in [5.74, 6) is -0.946. The van der Waals surface area contributed by atoms with E-state index >= 15 is 0 Å². The fraction of sp³-hybridized carbons (Fsp3) is 0.235. The first kappa shape index (κ1) is 21.2. The topological polar surface area (TPSA) is 75.3 Å². The average Bonchev–Trinajstić information content (AvgIpc) is 2.59. The third-order valence-electron chi connectivity index (χ3n) is 3.58. The molecule has 0 aliphatic rings. The van der Waals surface area contributed by atoms with Crippen LogP contribution in [-0.4, -0.2) is 27.0 Å². The predicted molar refractivity (Wildman–Crippen MR) is 95.0 cm³/mol. The highest BCUT2D eigenvalue weighted by molar-refractivity contribution is 7.89. The molecule has 5 nitrogen and oxygen atoms in total. The van der Waals surface area contributed by atoms with Gasteiger partial charge in [0.2, 0.25) is 10.0 Å². The Balaban J connectivity index is 2.08. The second-order valence-corrected chi connectivity index (χ2v) is 7.87. The molecule has 0 fully saturated rings. The van der Waals surface area contributed by atoms with Crippen molar-refractivity contribution < 1.29 is 26.4 Å². The van der Waals surface area contributed by atoms with Crippen LogP contribution in [0.15, 0.2) is 53.4 Å². The molecule has 2 aromatic carbocycles. The highest BCUT2D eigenvalue weighted by Crippen LogP contribution is 2.19. The smallest absolute Gasteiger partial charge is 0.343 e. The number of nitrogens with one attached hydrogen (secondary N) is 2. The van der Waals surface area contributed by atoms with Crippen molar-refractivity contribution in [1.29, 1.82) is 0 Å². The van der Waals surface area contributed by atoms with E-state index in [1.807, 2.05) is 0 Å². The molecule has 146 valence electrons. The first-order valence-corrected chi connectivity index (χ1v) is 9.57. The number of hydrogen-bond acceptors (Lipinski definition) is 3. The summed E-state index contributed by atoms with van der Waals surface area (Å²) >= 11 is 5.80. The van der Waals surface area contributed by atoms with Gasteiger partial charge in [-0.05, 0) is 48.9 Å². The van der Waals surface area contributed by atoms with Gasteiger partial charge in [-0.15, -0.1) is 0 Å². The fourth-order valence-electron chi connectivity index (χ4n) is 2.19. The van der Waals surface area contributed by atoms with Crippen LogP contribution < -0.4 is 10.0 Å². The molecule has 0 spiro atoms. The minimum Gasteiger partial charge on any atom is -0.343 e. The summed E-state index contributed by atoms with van der Waals surface area (Å²) in [4.78, 5) is 11.5. The van der Waals surface area contributed by atoms with Gasteiger partial charge in [0.15, 0.2) is 0 Å². The van der Waals surface area contributed by atoms with Gasteiger partial charge >= 0.3 is 6.18 Å². The zero-order valence-corrected chi connectivity index (χ0v) is 15.6. The van der Waals surface area contributed by atoms with Crippen LogP contribution in [0, 0.1) is 0 Å². The van der Waals surface area contributed by atoms with Crippen LogP contribution >= 0.6 is 11.6 Å². The van der Waals surface area contributed by atoms with Crippen LogP contribution in [0.25, 0.3) is 0 Å². The Bertz CT molecular complexity index is 899. The summed E-state index contributed by atoms with van der Waals surface area (Å²) in [5, 5.41) is 2.24. The highest BCUT2D eigenvalue weighted by Gasteiger charge is 2.28. The molecule has 1 unspecified atom stereocenters. The maximum absolute atomic E-state index is 12.4. The molecule has 0 bridgehead atoms. The van der Waals surface area contributed by atoms with Crippen LogP contribution in [0.2, 0.25) is 5.02 Å². The number of hydrogen-bond donors (Lipinski definition) is 2. The van der Waals surface area contributed by atoms with Gasteiger partial charge in [-0.2, -0.15) is 13.2 Å². The highest BCUT2D eigenvalue weighted by atomic mass is 35.5. The third-order valence-corrected chi connectivity index (χ3v) is 5.39. The van der Waals surface area contributed by atoms with Gasteiger partial charge in [0, 0.05) is 16.6 Å². The molecule has 0 heterocycles. The SMILES string of the molecule is CC(NS(=O)(=O)c1ccc(C(=O)NCC(F)(F)F)cc1)c1ccc(Cl)cc1. The Labute approximate surface area is 159 Å². The number of sulfonamides is 1. The Morgan fingerprint density at radius 1 is 1.07 bits per heavy atom. The van der Waals surface area contributed by atoms with Crippen LogP contribution in [0.1, 0.15) is 28.9 Å². The molecule has 0 saturated heterocycles. The Kier molecular flexibility index (Phi) is 6.50. The lowest BCUT2D eigenvalue weighted by molar-refractivity contribution is -0.123. The Hall–Kier alpha value is -2.10. The number of carbonyl (C=O) groups is 1. The lowest BCUT2D eigenvalue weighted by Gasteiger charge is -2.15. The van der Waals surface area contributed by atoms with Crippen molar-refractivity contribution in [3.8, 4) is 0 Å². The lowest BCUT2D eigenvalue weighted by Crippen LogP contribution is -2.33. The Morgan fingerprint density at radius 3 is 2.15 bits per heavy atom. The van der Waals surface area contributed by atoms with Gasteiger partial charge in [0.05, 0.1) is 4.90 Å². The summed E-state index contributed by atoms with van der Waals surface area (Å²) in [6.07, 6.45) is -4.53. The molecule has 0 radical (unpaired) electrons. The van der Waals surface area contributed by atoms with E-state index in [4.69, 9.17) is 11.6 Å². The zero-order chi connectivity index (χ0) is 20.2. The van der Waals surface area contributed by atoms with Crippen molar-refractivity contribution in [3.05, 3.63) is 64.7 Å². The van der Waals surface area contributed by atoms with Crippen molar-refractivity contribution in [1.82, 2.24) is 10.0 Å². The molecule has 1 atom stereocenters. The van der Waals surface area contributed by atoms with Gasteiger partial charge in [0.1, 0.15) is 6.54 Å². The van der Waals surface area contributed by atoms with E-state index in [0.717, 1.165) is 24.3 Å². The van der Waals surface area contributed by atoms with Gasteiger partial charge < -0.3 is 5.32 Å². The molecule has 0 aliphatic carbocycles. The molecule has 0 aromatic heterocycles. The third kappa shape index (κ3) is 6.23. The molecule has 0 saturated carbocycles. The standard InChI is InChI=1S/C17H16ClF3N2O3S/c1-11(12-2-6-14(18)7-3-12)23-27(25,26)15-8-4-13(5-9-15)16(24)22-10-17(19,20)21/h2-9,11,23H,10H2,1H3,(H,22,24). The maximum atomic E-state index is 12.4. The molecule has 10 heteroatoms. The minimum atomic E-state index is -4.53. The number of rotatable bonds is 6. The van der Waals surface area contributed by atoms with Gasteiger partial charge in [-0.3, -0.25) is 4.79 Å². The van der Waals surface area contributed by atoms with Crippen LogP contribution in [-0.2, 0) is 10.0 Å². The number of halogens is 4. The van der Waals surface area contributed by atoms with E-state index in [1.165, 1.54) is 0 Å². The molecular formula is C17H16ClF3N2O3S. The molecule has 1 amide bonds. The van der Waals surface area contributed by atoms with Gasteiger partial charge in [0.25, 0.3) is 5.91 Å². The number of amides is 1. The molecule has 2 rings (SSSR count). The van der Waals surface area contributed by atoms with Gasteiger partial charge in [-0.25, -0.2) is 13.1 Å². The van der Waals surface area contributed by atoms with E-state index in [9.17, 15) is 26.4 Å². The predicted octanol–water partition coefficient (Wildman–Crippen LogP) is 3.67. The lowest BCUT2D eigenvalue weighted by atomic mass is 10.1. The van der Waals surface area contributed by atoms with Crippen molar-refractivity contribution in [3.63, 3.8) is 0 Å². The van der Waals surface area contributed by atoms with Gasteiger partial charge in [-0.1, -0.05) is 23.7 Å². The number of alkyl halides is 3. The normalized spacial score (nSPS) is 13.2. The first-order valence-electron chi connectivity index (χ1n) is 7.71. The first-order chi connectivity index (χ1) is 12.5. The summed E-state index contributed by atoms with van der Waals surface area (Å²) in [5.41, 5.74) is 0.620. The summed E-state index contributed by atoms with van der Waals surface area (Å²) in [6.45, 7) is 0.186. The zero-order valence-electron chi connectivity index (χ0n) is 14.0. The van der Waals surface area contributed by atoms with Crippen molar-refractivity contribution in [2.24, 2.45) is 0 Å². The van der Waals surface area contributed by atoms with Crippen molar-refractivity contribution in [2.75, 3.05) is 6.54 Å². The molecular weight excluding hydrogens is 405 g/mol. The van der Waals surface area contributed by atoms with Crippen molar-refractivity contribution in [2.45, 2.75) is 24.0 Å². The Morgan fingerprint density at radius 2 is 1.63 bits per heavy atom. The van der Waals surface area contributed by atoms with E-state index < -0.39 is 34.7 Å². The average molecular weight is 421 g/mol. The van der Waals surface area contributed by atoms with Crippen LogP contribution in [0.4, 0.5) is 13.2 Å². The monoisotopic (exact) mass is 420 g/mol. The second-order valence-electron chi connectivity index (χ2n) is 5.72. The van der Waals surface area contributed by atoms with E-state index in [1.54, 1.807) is 36.5 Å². The van der Waals surface area contributed by atoms with Crippen molar-refractivity contribution >= 4 is 27.5 Å². The minimum absolute atomic E-state index is 0.0797. The summed E-state index contributed by atoms with van der Waals surface area (Å²) in [7, 11) is -3.89. The number of carbonyl (C=O) groups excluding carboxylic acids is 1. The van der Waals surface area contributed by atoms with E-state index in [0.29, 0.717) is 10.6 Å². The quantitative estimate of drug-likeness (QED) is 0.748. The fourth-order valence-corrected chi connectivity index (χ4v) is 3.55. The second kappa shape index (κ2) is 8.28. The summed E-state index contributed by atoms with van der Waals surface area (Å²) in [6, 6.07) is 10.7. The van der Waals surface area contributed by atoms with Crippen LogP contribution in [0.3, 0.4) is 0 Å². The van der Waals surface area contributed by atoms with Crippen LogP contribution in [0.5, 0.6) is 0 Å². The van der Waals surface area contributed by atoms with E-state index in [2.05, 4.69) is 4.72 Å².